The number of nitrogens with zero attached hydrogens (tertiary/aromatic N) is 1. The summed E-state index contributed by atoms with van der Waals surface area (Å²) in [4.78, 5) is 4.12. The monoisotopic (exact) mass is 220 g/mol. The number of pyridine rings is 1. The summed E-state index contributed by atoms with van der Waals surface area (Å²) in [6, 6.07) is 4.51. The molecule has 0 amide bonds. The van der Waals surface area contributed by atoms with Gasteiger partial charge in [-0.2, -0.15) is 0 Å². The molecule has 3 heteroatoms. The smallest absolute Gasteiger partial charge is 0.0693 e. The molecule has 2 N–H and O–H groups in total. The third-order valence-electron chi connectivity index (χ3n) is 3.38. The summed E-state index contributed by atoms with van der Waals surface area (Å²) in [6.07, 6.45) is 7.85. The fraction of sp³-hybridized carbons (Fsp3) is 0.615. The van der Waals surface area contributed by atoms with Crippen molar-refractivity contribution in [2.24, 2.45) is 0 Å². The molecule has 1 heterocycles. The molecule has 1 aliphatic carbocycles. The molecule has 3 nitrogen and oxygen atoms in total. The first kappa shape index (κ1) is 11.6. The Hall–Kier alpha value is -0.930. The molecule has 0 saturated heterocycles. The maximum Gasteiger partial charge on any atom is 0.0693 e. The molecule has 88 valence electrons. The molecule has 1 aromatic rings. The van der Waals surface area contributed by atoms with E-state index < -0.39 is 0 Å². The van der Waals surface area contributed by atoms with Gasteiger partial charge in [-0.3, -0.25) is 4.98 Å². The summed E-state index contributed by atoms with van der Waals surface area (Å²) in [5.41, 5.74) is 1.18. The highest BCUT2D eigenvalue weighted by molar-refractivity contribution is 5.13. The molecule has 3 atom stereocenters. The Labute approximate surface area is 96.9 Å². The van der Waals surface area contributed by atoms with Gasteiger partial charge in [0, 0.05) is 24.5 Å². The number of aromatic nitrogens is 1. The minimum atomic E-state index is -0.187. The van der Waals surface area contributed by atoms with Gasteiger partial charge in [-0.05, 0) is 31.4 Å². The standard InChI is InChI=1S/C13H20N2O/c1-10(11-5-4-8-14-9-11)15-12-6-2-3-7-13(12)16/h4-5,8-10,12-13,15-16H,2-3,6-7H2,1H3/t10?,12-,13-/m1/s1. The van der Waals surface area contributed by atoms with Gasteiger partial charge in [0.2, 0.25) is 0 Å². The average Bonchev–Trinajstić information content (AvgIpc) is 2.33. The van der Waals surface area contributed by atoms with Crippen molar-refractivity contribution in [1.29, 1.82) is 0 Å². The highest BCUT2D eigenvalue weighted by Gasteiger charge is 2.24. The van der Waals surface area contributed by atoms with E-state index in [-0.39, 0.29) is 18.2 Å². The molecule has 1 saturated carbocycles. The summed E-state index contributed by atoms with van der Waals surface area (Å²) in [5, 5.41) is 13.4. The Bertz CT molecular complexity index is 315. The molecule has 0 aliphatic heterocycles. The van der Waals surface area contributed by atoms with Crippen molar-refractivity contribution in [3.05, 3.63) is 30.1 Å². The van der Waals surface area contributed by atoms with Gasteiger partial charge in [-0.25, -0.2) is 0 Å². The number of rotatable bonds is 3. The maximum absolute atomic E-state index is 9.89. The van der Waals surface area contributed by atoms with Gasteiger partial charge in [-0.15, -0.1) is 0 Å². The normalized spacial score (nSPS) is 27.6. The molecule has 1 unspecified atom stereocenters. The van der Waals surface area contributed by atoms with Gasteiger partial charge in [0.25, 0.3) is 0 Å². The second-order valence-electron chi connectivity index (χ2n) is 4.63. The van der Waals surface area contributed by atoms with E-state index in [9.17, 15) is 5.11 Å². The minimum absolute atomic E-state index is 0.187. The second kappa shape index (κ2) is 5.41. The van der Waals surface area contributed by atoms with E-state index in [1.807, 2.05) is 12.3 Å². The van der Waals surface area contributed by atoms with Gasteiger partial charge in [0.1, 0.15) is 0 Å². The van der Waals surface area contributed by atoms with Crippen LogP contribution in [0.2, 0.25) is 0 Å². The lowest BCUT2D eigenvalue weighted by Crippen LogP contribution is -2.43. The number of hydrogen-bond donors (Lipinski definition) is 2. The van der Waals surface area contributed by atoms with Crippen LogP contribution in [0.15, 0.2) is 24.5 Å². The predicted octanol–water partition coefficient (Wildman–Crippen LogP) is 2.04. The molecule has 0 bridgehead atoms. The first-order valence-electron chi connectivity index (χ1n) is 6.11. The molecule has 2 rings (SSSR count). The van der Waals surface area contributed by atoms with Crippen LogP contribution >= 0.6 is 0 Å². The van der Waals surface area contributed by atoms with Crippen LogP contribution in [0, 0.1) is 0 Å². The van der Waals surface area contributed by atoms with Crippen LogP contribution in [0.3, 0.4) is 0 Å². The van der Waals surface area contributed by atoms with Crippen molar-refractivity contribution in [2.45, 2.75) is 50.8 Å². The highest BCUT2D eigenvalue weighted by Crippen LogP contribution is 2.21. The molecule has 0 aromatic carbocycles. The van der Waals surface area contributed by atoms with Crippen LogP contribution in [-0.2, 0) is 0 Å². The van der Waals surface area contributed by atoms with Crippen LogP contribution in [0.25, 0.3) is 0 Å². The number of nitrogens with one attached hydrogen (secondary N) is 1. The van der Waals surface area contributed by atoms with E-state index in [4.69, 9.17) is 0 Å². The van der Waals surface area contributed by atoms with E-state index in [2.05, 4.69) is 23.3 Å². The molecule has 1 aromatic heterocycles. The van der Waals surface area contributed by atoms with Gasteiger partial charge in [0.15, 0.2) is 0 Å². The van der Waals surface area contributed by atoms with E-state index in [1.165, 1.54) is 12.0 Å². The second-order valence-corrected chi connectivity index (χ2v) is 4.63. The molecule has 16 heavy (non-hydrogen) atoms. The van der Waals surface area contributed by atoms with Crippen LogP contribution in [-0.4, -0.2) is 22.2 Å². The molecule has 1 fully saturated rings. The largest absolute Gasteiger partial charge is 0.392 e. The lowest BCUT2D eigenvalue weighted by Gasteiger charge is -2.31. The van der Waals surface area contributed by atoms with Gasteiger partial charge in [-0.1, -0.05) is 18.9 Å². The number of aliphatic hydroxyl groups excluding tert-OH is 1. The van der Waals surface area contributed by atoms with Gasteiger partial charge in [0.05, 0.1) is 6.10 Å². The van der Waals surface area contributed by atoms with Gasteiger partial charge >= 0.3 is 0 Å². The summed E-state index contributed by atoms with van der Waals surface area (Å²) >= 11 is 0. The van der Waals surface area contributed by atoms with Crippen LogP contribution in [0.5, 0.6) is 0 Å². The van der Waals surface area contributed by atoms with Crippen molar-refractivity contribution in [1.82, 2.24) is 10.3 Å². The first-order valence-corrected chi connectivity index (χ1v) is 6.11. The highest BCUT2D eigenvalue weighted by atomic mass is 16.3. The van der Waals surface area contributed by atoms with E-state index in [0.717, 1.165) is 19.3 Å². The zero-order valence-electron chi connectivity index (χ0n) is 9.76. The summed E-state index contributed by atoms with van der Waals surface area (Å²) in [7, 11) is 0. The van der Waals surface area contributed by atoms with E-state index in [0.29, 0.717) is 0 Å². The van der Waals surface area contributed by atoms with Gasteiger partial charge < -0.3 is 10.4 Å². The Morgan fingerprint density at radius 2 is 2.25 bits per heavy atom. The summed E-state index contributed by atoms with van der Waals surface area (Å²) in [6.45, 7) is 2.12. The van der Waals surface area contributed by atoms with Crippen molar-refractivity contribution in [3.63, 3.8) is 0 Å². The molecular formula is C13H20N2O. The third-order valence-corrected chi connectivity index (χ3v) is 3.38. The molecule has 0 spiro atoms. The molecular weight excluding hydrogens is 200 g/mol. The Balaban J connectivity index is 1.94. The van der Waals surface area contributed by atoms with Crippen LogP contribution in [0.1, 0.15) is 44.2 Å². The van der Waals surface area contributed by atoms with Crippen molar-refractivity contribution < 1.29 is 5.11 Å². The maximum atomic E-state index is 9.89. The quantitative estimate of drug-likeness (QED) is 0.819. The molecule has 1 aliphatic rings. The number of aliphatic hydroxyl groups is 1. The zero-order valence-corrected chi connectivity index (χ0v) is 9.76. The first-order chi connectivity index (χ1) is 7.77. The summed E-state index contributed by atoms with van der Waals surface area (Å²) < 4.78 is 0. The topological polar surface area (TPSA) is 45.1 Å². The van der Waals surface area contributed by atoms with E-state index >= 15 is 0 Å². The predicted molar refractivity (Wildman–Crippen MR) is 64.1 cm³/mol. The van der Waals surface area contributed by atoms with E-state index in [1.54, 1.807) is 6.20 Å². The zero-order chi connectivity index (χ0) is 11.4. The van der Waals surface area contributed by atoms with Crippen LogP contribution in [0.4, 0.5) is 0 Å². The lowest BCUT2D eigenvalue weighted by atomic mass is 9.91. The molecule has 0 radical (unpaired) electrons. The fourth-order valence-corrected chi connectivity index (χ4v) is 2.36. The Morgan fingerprint density at radius 1 is 1.44 bits per heavy atom. The van der Waals surface area contributed by atoms with Crippen molar-refractivity contribution in [2.75, 3.05) is 0 Å². The Morgan fingerprint density at radius 3 is 2.94 bits per heavy atom. The lowest BCUT2D eigenvalue weighted by molar-refractivity contribution is 0.0859. The number of hydrogen-bond acceptors (Lipinski definition) is 3. The average molecular weight is 220 g/mol. The summed E-state index contributed by atoms with van der Waals surface area (Å²) in [5.74, 6) is 0. The fourth-order valence-electron chi connectivity index (χ4n) is 2.36. The van der Waals surface area contributed by atoms with Crippen molar-refractivity contribution in [3.8, 4) is 0 Å². The Kier molecular flexibility index (Phi) is 3.91. The van der Waals surface area contributed by atoms with Crippen molar-refractivity contribution >= 4 is 0 Å². The minimum Gasteiger partial charge on any atom is -0.392 e. The van der Waals surface area contributed by atoms with Crippen LogP contribution < -0.4 is 5.32 Å². The SMILES string of the molecule is CC(N[C@@H]1CCCC[C@H]1O)c1cccnc1. The third kappa shape index (κ3) is 2.80.